The van der Waals surface area contributed by atoms with E-state index in [0.29, 0.717) is 5.56 Å². The molecule has 1 N–H and O–H groups in total. The highest BCUT2D eigenvalue weighted by atomic mass is 19.3. The van der Waals surface area contributed by atoms with Crippen LogP contribution in [-0.2, 0) is 16.1 Å². The van der Waals surface area contributed by atoms with Crippen molar-refractivity contribution < 1.29 is 27.1 Å². The molecule has 0 fully saturated rings. The van der Waals surface area contributed by atoms with Crippen molar-refractivity contribution in [2.75, 3.05) is 6.61 Å². The van der Waals surface area contributed by atoms with Gasteiger partial charge in [-0.3, -0.25) is 4.79 Å². The lowest BCUT2D eigenvalue weighted by Gasteiger charge is -2.06. The molecule has 0 aliphatic rings. The molecule has 0 bridgehead atoms. The summed E-state index contributed by atoms with van der Waals surface area (Å²) in [6, 6.07) is 3.17. The first-order valence-corrected chi connectivity index (χ1v) is 4.93. The first-order chi connectivity index (χ1) is 8.49. The SMILES string of the molecule is O=C([CH]COC(F)F)NCc1ccc(F)c(F)c1. The minimum absolute atomic E-state index is 0.0405. The van der Waals surface area contributed by atoms with Crippen LogP contribution in [0.1, 0.15) is 5.56 Å². The molecule has 18 heavy (non-hydrogen) atoms. The first-order valence-electron chi connectivity index (χ1n) is 4.93. The lowest BCUT2D eigenvalue weighted by Crippen LogP contribution is -2.25. The van der Waals surface area contributed by atoms with Crippen LogP contribution in [0.5, 0.6) is 0 Å². The number of hydrogen-bond acceptors (Lipinski definition) is 2. The van der Waals surface area contributed by atoms with Gasteiger partial charge in [0.25, 0.3) is 0 Å². The summed E-state index contributed by atoms with van der Waals surface area (Å²) in [5.74, 6) is -2.64. The lowest BCUT2D eigenvalue weighted by atomic mass is 10.2. The second kappa shape index (κ2) is 6.95. The molecule has 1 aromatic rings. The third-order valence-electron chi connectivity index (χ3n) is 1.94. The first kappa shape index (κ1) is 14.4. The summed E-state index contributed by atoms with van der Waals surface area (Å²) in [5.41, 5.74) is 0.352. The molecule has 3 nitrogen and oxygen atoms in total. The number of carbonyl (C=O) groups excluding carboxylic acids is 1. The van der Waals surface area contributed by atoms with Gasteiger partial charge in [0.15, 0.2) is 11.6 Å². The van der Waals surface area contributed by atoms with Gasteiger partial charge in [-0.1, -0.05) is 6.07 Å². The Balaban J connectivity index is 2.31. The summed E-state index contributed by atoms with van der Waals surface area (Å²) in [6.07, 6.45) is 0.881. The maximum Gasteiger partial charge on any atom is 0.345 e. The number of hydrogen-bond donors (Lipinski definition) is 1. The topological polar surface area (TPSA) is 38.3 Å². The fourth-order valence-electron chi connectivity index (χ4n) is 1.11. The minimum atomic E-state index is -2.94. The highest BCUT2D eigenvalue weighted by Gasteiger charge is 2.07. The zero-order valence-corrected chi connectivity index (χ0v) is 9.13. The number of ether oxygens (including phenoxy) is 1. The van der Waals surface area contributed by atoms with Crippen LogP contribution in [0.25, 0.3) is 0 Å². The fourth-order valence-corrected chi connectivity index (χ4v) is 1.11. The normalized spacial score (nSPS) is 10.7. The predicted octanol–water partition coefficient (Wildman–Crippen LogP) is 2.02. The van der Waals surface area contributed by atoms with E-state index in [2.05, 4.69) is 10.1 Å². The van der Waals surface area contributed by atoms with Crippen molar-refractivity contribution in [2.24, 2.45) is 0 Å². The summed E-state index contributed by atoms with van der Waals surface area (Å²) < 4.78 is 52.4. The number of alkyl halides is 2. The third kappa shape index (κ3) is 5.13. The van der Waals surface area contributed by atoms with Crippen LogP contribution in [0, 0.1) is 18.1 Å². The largest absolute Gasteiger partial charge is 0.352 e. The van der Waals surface area contributed by atoms with E-state index in [9.17, 15) is 22.4 Å². The maximum atomic E-state index is 12.8. The highest BCUT2D eigenvalue weighted by molar-refractivity contribution is 5.84. The molecular formula is C11H10F4NO2. The monoisotopic (exact) mass is 264 g/mol. The van der Waals surface area contributed by atoms with E-state index in [4.69, 9.17) is 0 Å². The number of benzene rings is 1. The molecule has 0 saturated carbocycles. The number of amides is 1. The Kier molecular flexibility index (Phi) is 5.57. The van der Waals surface area contributed by atoms with Gasteiger partial charge in [-0.05, 0) is 17.7 Å². The van der Waals surface area contributed by atoms with Gasteiger partial charge in [0.05, 0.1) is 13.0 Å². The maximum absolute atomic E-state index is 12.8. The van der Waals surface area contributed by atoms with E-state index < -0.39 is 30.8 Å². The molecule has 1 amide bonds. The van der Waals surface area contributed by atoms with Gasteiger partial charge < -0.3 is 10.1 Å². The standard InChI is InChI=1S/C11H10F4NO2/c12-8-2-1-7(5-9(8)13)6-16-10(17)3-4-18-11(14)15/h1-3,5,11H,4,6H2,(H,16,17). The summed E-state index contributed by atoms with van der Waals surface area (Å²) >= 11 is 0. The van der Waals surface area contributed by atoms with Crippen molar-refractivity contribution >= 4 is 5.91 Å². The number of carbonyl (C=O) groups is 1. The highest BCUT2D eigenvalue weighted by Crippen LogP contribution is 2.08. The summed E-state index contributed by atoms with van der Waals surface area (Å²) in [6.45, 7) is -3.51. The molecule has 0 aliphatic carbocycles. The van der Waals surface area contributed by atoms with E-state index in [1.807, 2.05) is 0 Å². The Morgan fingerprint density at radius 3 is 2.67 bits per heavy atom. The van der Waals surface area contributed by atoms with Crippen molar-refractivity contribution in [1.82, 2.24) is 5.32 Å². The molecule has 1 aromatic carbocycles. The van der Waals surface area contributed by atoms with Crippen molar-refractivity contribution in [3.8, 4) is 0 Å². The second-order valence-corrected chi connectivity index (χ2v) is 3.26. The minimum Gasteiger partial charge on any atom is -0.352 e. The number of rotatable bonds is 6. The van der Waals surface area contributed by atoms with Crippen LogP contribution in [0.3, 0.4) is 0 Å². The fraction of sp³-hybridized carbons (Fsp3) is 0.273. The number of nitrogens with one attached hydrogen (secondary N) is 1. The summed E-state index contributed by atoms with van der Waals surface area (Å²) in [5, 5.41) is 2.31. The van der Waals surface area contributed by atoms with E-state index in [1.54, 1.807) is 0 Å². The molecule has 0 aliphatic heterocycles. The molecule has 0 aromatic heterocycles. The Bertz CT molecular complexity index is 412. The molecule has 7 heteroatoms. The van der Waals surface area contributed by atoms with Crippen LogP contribution in [0.15, 0.2) is 18.2 Å². The smallest absolute Gasteiger partial charge is 0.345 e. The van der Waals surface area contributed by atoms with Crippen LogP contribution in [-0.4, -0.2) is 19.1 Å². The average Bonchev–Trinajstić information content (AvgIpc) is 2.30. The second-order valence-electron chi connectivity index (χ2n) is 3.26. The molecular weight excluding hydrogens is 254 g/mol. The summed E-state index contributed by atoms with van der Waals surface area (Å²) in [4.78, 5) is 11.1. The van der Waals surface area contributed by atoms with Gasteiger partial charge >= 0.3 is 6.61 Å². The molecule has 0 atom stereocenters. The quantitative estimate of drug-likeness (QED) is 0.798. The molecule has 99 valence electrons. The third-order valence-corrected chi connectivity index (χ3v) is 1.94. The van der Waals surface area contributed by atoms with Gasteiger partial charge in [0, 0.05) is 6.54 Å². The average molecular weight is 264 g/mol. The molecule has 0 heterocycles. The van der Waals surface area contributed by atoms with Gasteiger partial charge in [-0.15, -0.1) is 0 Å². The Morgan fingerprint density at radius 1 is 1.33 bits per heavy atom. The van der Waals surface area contributed by atoms with Gasteiger partial charge in [-0.2, -0.15) is 8.78 Å². The molecule has 0 unspecified atom stereocenters. The van der Waals surface area contributed by atoms with E-state index in [0.717, 1.165) is 18.6 Å². The van der Waals surface area contributed by atoms with E-state index in [1.165, 1.54) is 6.07 Å². The molecule has 0 saturated heterocycles. The zero-order valence-electron chi connectivity index (χ0n) is 9.13. The Hall–Kier alpha value is -1.63. The van der Waals surface area contributed by atoms with E-state index >= 15 is 0 Å². The van der Waals surface area contributed by atoms with Crippen LogP contribution < -0.4 is 5.32 Å². The Labute approximate surface area is 101 Å². The van der Waals surface area contributed by atoms with Gasteiger partial charge in [0.1, 0.15) is 0 Å². The van der Waals surface area contributed by atoms with E-state index in [-0.39, 0.29) is 6.54 Å². The van der Waals surface area contributed by atoms with Crippen molar-refractivity contribution in [1.29, 1.82) is 0 Å². The van der Waals surface area contributed by atoms with Crippen LogP contribution >= 0.6 is 0 Å². The van der Waals surface area contributed by atoms with Crippen LogP contribution in [0.4, 0.5) is 17.6 Å². The molecule has 0 spiro atoms. The van der Waals surface area contributed by atoms with Gasteiger partial charge in [0.2, 0.25) is 5.91 Å². The molecule has 1 rings (SSSR count). The summed E-state index contributed by atoms with van der Waals surface area (Å²) in [7, 11) is 0. The Morgan fingerprint density at radius 2 is 2.06 bits per heavy atom. The van der Waals surface area contributed by atoms with Gasteiger partial charge in [-0.25, -0.2) is 8.78 Å². The van der Waals surface area contributed by atoms with Crippen molar-refractivity contribution in [3.05, 3.63) is 41.8 Å². The van der Waals surface area contributed by atoms with Crippen molar-refractivity contribution in [2.45, 2.75) is 13.2 Å². The predicted molar refractivity (Wildman–Crippen MR) is 54.5 cm³/mol. The molecule has 1 radical (unpaired) electrons. The lowest BCUT2D eigenvalue weighted by molar-refractivity contribution is -0.130. The van der Waals surface area contributed by atoms with Crippen LogP contribution in [0.2, 0.25) is 0 Å². The zero-order chi connectivity index (χ0) is 13.5. The van der Waals surface area contributed by atoms with Crippen molar-refractivity contribution in [3.63, 3.8) is 0 Å². The number of halogens is 4.